The number of hydrogen-bond acceptors (Lipinski definition) is 3. The molecule has 0 spiro atoms. The lowest BCUT2D eigenvalue weighted by Crippen LogP contribution is -2.28. The SMILES string of the molecule is CCN(CC)CC#CCCC1(Cc2ccccc2)SCCCS1. The summed E-state index contributed by atoms with van der Waals surface area (Å²) >= 11 is 4.33. The van der Waals surface area contributed by atoms with Crippen molar-refractivity contribution in [1.29, 1.82) is 0 Å². The van der Waals surface area contributed by atoms with E-state index in [9.17, 15) is 0 Å². The molecule has 2 rings (SSSR count). The first kappa shape index (κ1) is 18.8. The summed E-state index contributed by atoms with van der Waals surface area (Å²) < 4.78 is 0.337. The van der Waals surface area contributed by atoms with Crippen LogP contribution >= 0.6 is 23.5 Å². The molecule has 0 aliphatic carbocycles. The van der Waals surface area contributed by atoms with Crippen molar-refractivity contribution >= 4 is 23.5 Å². The van der Waals surface area contributed by atoms with E-state index in [0.717, 1.165) is 26.1 Å². The van der Waals surface area contributed by atoms with Gasteiger partial charge in [0.05, 0.1) is 10.6 Å². The number of hydrogen-bond donors (Lipinski definition) is 0. The molecule has 0 bridgehead atoms. The molecular weight excluding hydrogens is 318 g/mol. The van der Waals surface area contributed by atoms with E-state index in [0.29, 0.717) is 4.08 Å². The van der Waals surface area contributed by atoms with Crippen molar-refractivity contribution in [2.75, 3.05) is 31.1 Å². The Morgan fingerprint density at radius 3 is 2.39 bits per heavy atom. The summed E-state index contributed by atoms with van der Waals surface area (Å²) in [5, 5.41) is 0. The molecule has 3 heteroatoms. The van der Waals surface area contributed by atoms with Gasteiger partial charge in [-0.05, 0) is 49.4 Å². The summed E-state index contributed by atoms with van der Waals surface area (Å²) in [6.45, 7) is 7.51. The standard InChI is InChI=1S/C20H29NS2/c1-3-21(4-2)15-10-6-9-14-20(22-16-11-17-23-20)18-19-12-7-5-8-13-19/h5,7-8,12-13H,3-4,9,11,14-18H2,1-2H3. The Morgan fingerprint density at radius 2 is 1.74 bits per heavy atom. The Kier molecular flexibility index (Phi) is 8.44. The predicted octanol–water partition coefficient (Wildman–Crippen LogP) is 4.92. The normalized spacial score (nSPS) is 16.8. The maximum atomic E-state index is 3.42. The second kappa shape index (κ2) is 10.3. The molecule has 126 valence electrons. The van der Waals surface area contributed by atoms with Crippen LogP contribution in [0.4, 0.5) is 0 Å². The van der Waals surface area contributed by atoms with E-state index in [1.54, 1.807) is 0 Å². The van der Waals surface area contributed by atoms with Gasteiger partial charge in [-0.15, -0.1) is 29.4 Å². The van der Waals surface area contributed by atoms with Gasteiger partial charge in [0.2, 0.25) is 0 Å². The van der Waals surface area contributed by atoms with Crippen molar-refractivity contribution in [3.05, 3.63) is 35.9 Å². The van der Waals surface area contributed by atoms with E-state index in [2.05, 4.69) is 84.4 Å². The molecule has 0 N–H and O–H groups in total. The van der Waals surface area contributed by atoms with Gasteiger partial charge >= 0.3 is 0 Å². The minimum Gasteiger partial charge on any atom is -0.293 e. The molecule has 0 unspecified atom stereocenters. The molecule has 1 saturated heterocycles. The van der Waals surface area contributed by atoms with Crippen molar-refractivity contribution in [2.24, 2.45) is 0 Å². The maximum Gasteiger partial charge on any atom is 0.0660 e. The summed E-state index contributed by atoms with van der Waals surface area (Å²) in [4.78, 5) is 2.37. The van der Waals surface area contributed by atoms with Crippen LogP contribution in [0.15, 0.2) is 30.3 Å². The maximum absolute atomic E-state index is 3.42. The summed E-state index contributed by atoms with van der Waals surface area (Å²) in [7, 11) is 0. The van der Waals surface area contributed by atoms with Gasteiger partial charge in [-0.1, -0.05) is 50.1 Å². The molecule has 0 radical (unpaired) electrons. The molecule has 0 atom stereocenters. The largest absolute Gasteiger partial charge is 0.293 e. The molecular formula is C20H29NS2. The monoisotopic (exact) mass is 347 g/mol. The summed E-state index contributed by atoms with van der Waals surface area (Å²) in [6.07, 6.45) is 4.73. The topological polar surface area (TPSA) is 3.24 Å². The third-order valence-corrected chi connectivity index (χ3v) is 7.73. The van der Waals surface area contributed by atoms with Crippen molar-refractivity contribution in [2.45, 2.75) is 43.6 Å². The van der Waals surface area contributed by atoms with Gasteiger partial charge in [0, 0.05) is 6.42 Å². The number of nitrogens with zero attached hydrogens (tertiary/aromatic N) is 1. The lowest BCUT2D eigenvalue weighted by atomic mass is 10.1. The highest BCUT2D eigenvalue weighted by atomic mass is 32.2. The Hall–Kier alpha value is -0.560. The van der Waals surface area contributed by atoms with Gasteiger partial charge in [-0.25, -0.2) is 0 Å². The van der Waals surface area contributed by atoms with Crippen LogP contribution in [0.25, 0.3) is 0 Å². The van der Waals surface area contributed by atoms with Gasteiger partial charge in [0.25, 0.3) is 0 Å². The van der Waals surface area contributed by atoms with Crippen LogP contribution in [0, 0.1) is 11.8 Å². The summed E-state index contributed by atoms with van der Waals surface area (Å²) in [6, 6.07) is 11.0. The molecule has 1 aromatic rings. The van der Waals surface area contributed by atoms with E-state index in [-0.39, 0.29) is 0 Å². The molecule has 0 amide bonds. The van der Waals surface area contributed by atoms with Gasteiger partial charge in [0.15, 0.2) is 0 Å². The first-order valence-electron chi connectivity index (χ1n) is 8.78. The molecule has 1 aliphatic rings. The highest BCUT2D eigenvalue weighted by Crippen LogP contribution is 2.47. The average molecular weight is 348 g/mol. The highest BCUT2D eigenvalue weighted by molar-refractivity contribution is 8.18. The van der Waals surface area contributed by atoms with Gasteiger partial charge in [-0.2, -0.15) is 0 Å². The molecule has 1 nitrogen and oxygen atoms in total. The van der Waals surface area contributed by atoms with E-state index >= 15 is 0 Å². The van der Waals surface area contributed by atoms with Gasteiger partial charge < -0.3 is 0 Å². The number of benzene rings is 1. The number of rotatable bonds is 7. The number of thioether (sulfide) groups is 2. The third-order valence-electron chi connectivity index (χ3n) is 4.29. The Balaban J connectivity index is 1.90. The van der Waals surface area contributed by atoms with E-state index in [1.807, 2.05) is 0 Å². The van der Waals surface area contributed by atoms with Gasteiger partial charge in [-0.3, -0.25) is 4.90 Å². The van der Waals surface area contributed by atoms with E-state index in [4.69, 9.17) is 0 Å². The van der Waals surface area contributed by atoms with Crippen LogP contribution in [0.1, 0.15) is 38.7 Å². The van der Waals surface area contributed by atoms with Crippen LogP contribution in [-0.2, 0) is 6.42 Å². The van der Waals surface area contributed by atoms with Crippen LogP contribution in [0.2, 0.25) is 0 Å². The fourth-order valence-electron chi connectivity index (χ4n) is 2.81. The van der Waals surface area contributed by atoms with Crippen LogP contribution < -0.4 is 0 Å². The van der Waals surface area contributed by atoms with E-state index < -0.39 is 0 Å². The quantitative estimate of drug-likeness (QED) is 0.645. The van der Waals surface area contributed by atoms with Crippen molar-refractivity contribution < 1.29 is 0 Å². The van der Waals surface area contributed by atoms with Crippen LogP contribution in [0.5, 0.6) is 0 Å². The smallest absolute Gasteiger partial charge is 0.0660 e. The first-order valence-corrected chi connectivity index (χ1v) is 10.7. The van der Waals surface area contributed by atoms with Crippen LogP contribution in [0.3, 0.4) is 0 Å². The molecule has 23 heavy (non-hydrogen) atoms. The summed E-state index contributed by atoms with van der Waals surface area (Å²) in [5.74, 6) is 9.39. The molecule has 0 saturated carbocycles. The minimum atomic E-state index is 0.337. The Labute approximate surface area is 151 Å². The fraction of sp³-hybridized carbons (Fsp3) is 0.600. The zero-order valence-electron chi connectivity index (χ0n) is 14.5. The second-order valence-corrected chi connectivity index (χ2v) is 9.15. The zero-order chi connectivity index (χ0) is 16.4. The zero-order valence-corrected chi connectivity index (χ0v) is 16.1. The second-order valence-electron chi connectivity index (χ2n) is 5.94. The predicted molar refractivity (Wildman–Crippen MR) is 107 cm³/mol. The van der Waals surface area contributed by atoms with E-state index in [1.165, 1.54) is 36.3 Å². The fourth-order valence-corrected chi connectivity index (χ4v) is 6.18. The summed E-state index contributed by atoms with van der Waals surface area (Å²) in [5.41, 5.74) is 1.46. The lowest BCUT2D eigenvalue weighted by Gasteiger charge is -2.36. The molecule has 1 aromatic carbocycles. The van der Waals surface area contributed by atoms with Crippen molar-refractivity contribution in [3.8, 4) is 11.8 Å². The molecule has 1 aliphatic heterocycles. The molecule has 1 heterocycles. The van der Waals surface area contributed by atoms with Crippen molar-refractivity contribution in [1.82, 2.24) is 4.90 Å². The Morgan fingerprint density at radius 1 is 1.04 bits per heavy atom. The Bertz CT molecular complexity index is 493. The van der Waals surface area contributed by atoms with Crippen LogP contribution in [-0.4, -0.2) is 40.1 Å². The van der Waals surface area contributed by atoms with Gasteiger partial charge in [0.1, 0.15) is 0 Å². The third kappa shape index (κ3) is 6.45. The molecule has 1 fully saturated rings. The lowest BCUT2D eigenvalue weighted by molar-refractivity contribution is 0.342. The first-order chi connectivity index (χ1) is 11.3. The average Bonchev–Trinajstić information content (AvgIpc) is 2.60. The minimum absolute atomic E-state index is 0.337. The van der Waals surface area contributed by atoms with Crippen molar-refractivity contribution in [3.63, 3.8) is 0 Å². The molecule has 0 aromatic heterocycles. The highest BCUT2D eigenvalue weighted by Gasteiger charge is 2.33.